The largest absolute Gasteiger partial charge is 0.443 e. The lowest BCUT2D eigenvalue weighted by Gasteiger charge is -2.72. The number of piperidine rings is 1. The summed E-state index contributed by atoms with van der Waals surface area (Å²) in [5.74, 6) is 2.07. The van der Waals surface area contributed by atoms with Gasteiger partial charge in [-0.15, -0.1) is 0 Å². The van der Waals surface area contributed by atoms with Crippen molar-refractivity contribution in [2.24, 2.45) is 16.7 Å². The number of rotatable bonds is 8. The van der Waals surface area contributed by atoms with Gasteiger partial charge in [-0.1, -0.05) is 47.1 Å². The number of nitrogens with zero attached hydrogens (tertiary/aromatic N) is 1. The minimum atomic E-state index is 0.0823. The summed E-state index contributed by atoms with van der Waals surface area (Å²) in [6, 6.07) is 5.05. The van der Waals surface area contributed by atoms with Gasteiger partial charge in [-0.25, -0.2) is 0 Å². The van der Waals surface area contributed by atoms with Crippen molar-refractivity contribution in [3.63, 3.8) is 0 Å². The topological polar surface area (TPSA) is 36.5 Å². The van der Waals surface area contributed by atoms with E-state index >= 15 is 0 Å². The SMILES string of the molecule is C=C(CC1CCC2(C)[C@H]3Cc4ccc(OC(=C)N[B]C)c(C)c4[C@@]2(CCN3C)C1(C)C)N[B]C. The quantitative estimate of drug-likeness (QED) is 0.414. The van der Waals surface area contributed by atoms with E-state index in [0.717, 1.165) is 30.8 Å². The van der Waals surface area contributed by atoms with Gasteiger partial charge in [-0.2, -0.15) is 0 Å². The van der Waals surface area contributed by atoms with Crippen LogP contribution in [-0.4, -0.2) is 39.4 Å². The smallest absolute Gasteiger partial charge is 0.243 e. The predicted octanol–water partition coefficient (Wildman–Crippen LogP) is 5.20. The molecule has 3 aliphatic rings. The zero-order valence-corrected chi connectivity index (χ0v) is 22.5. The molecule has 4 nitrogen and oxygen atoms in total. The molecule has 0 aromatic heterocycles. The second kappa shape index (κ2) is 9.00. The number of benzene rings is 1. The zero-order chi connectivity index (χ0) is 24.9. The third-order valence-corrected chi connectivity index (χ3v) is 9.94. The van der Waals surface area contributed by atoms with Crippen molar-refractivity contribution < 1.29 is 4.74 Å². The molecule has 2 aliphatic carbocycles. The van der Waals surface area contributed by atoms with Crippen LogP contribution in [0.1, 0.15) is 63.1 Å². The molecule has 4 rings (SSSR count). The van der Waals surface area contributed by atoms with E-state index in [9.17, 15) is 0 Å². The van der Waals surface area contributed by atoms with Gasteiger partial charge in [0, 0.05) is 11.5 Å². The maximum Gasteiger partial charge on any atom is 0.243 e. The van der Waals surface area contributed by atoms with Crippen LogP contribution in [0.25, 0.3) is 0 Å². The average molecular weight is 459 g/mol. The fraction of sp³-hybridized carbons (Fsp3) is 0.643. The second-order valence-electron chi connectivity index (χ2n) is 11.7. The Kier molecular flexibility index (Phi) is 6.70. The third kappa shape index (κ3) is 3.54. The third-order valence-electron chi connectivity index (χ3n) is 9.94. The van der Waals surface area contributed by atoms with Crippen LogP contribution in [0.3, 0.4) is 0 Å². The highest BCUT2D eigenvalue weighted by Gasteiger charge is 2.69. The van der Waals surface area contributed by atoms with Crippen LogP contribution in [0, 0.1) is 23.7 Å². The van der Waals surface area contributed by atoms with Gasteiger partial charge in [0.2, 0.25) is 14.8 Å². The molecule has 6 heteroatoms. The van der Waals surface area contributed by atoms with Gasteiger partial charge in [0.25, 0.3) is 0 Å². The molecule has 34 heavy (non-hydrogen) atoms. The lowest BCUT2D eigenvalue weighted by atomic mass is 9.35. The summed E-state index contributed by atoms with van der Waals surface area (Å²) < 4.78 is 6.24. The Bertz CT molecular complexity index is 977. The van der Waals surface area contributed by atoms with E-state index in [1.54, 1.807) is 5.56 Å². The Hall–Kier alpha value is -1.81. The normalized spacial score (nSPS) is 31.5. The Morgan fingerprint density at radius 1 is 1.15 bits per heavy atom. The van der Waals surface area contributed by atoms with Crippen LogP contribution in [0.4, 0.5) is 0 Å². The predicted molar refractivity (Wildman–Crippen MR) is 145 cm³/mol. The van der Waals surface area contributed by atoms with Crippen molar-refractivity contribution in [1.82, 2.24) is 15.4 Å². The number of ether oxygens (including phenoxy) is 1. The van der Waals surface area contributed by atoms with Crippen molar-refractivity contribution >= 4 is 14.8 Å². The molecule has 2 fully saturated rings. The summed E-state index contributed by atoms with van der Waals surface area (Å²) in [5, 5.41) is 6.48. The number of hydrogen-bond donors (Lipinski definition) is 2. The van der Waals surface area contributed by atoms with Crippen LogP contribution in [-0.2, 0) is 11.8 Å². The Balaban J connectivity index is 1.88. The van der Waals surface area contributed by atoms with Gasteiger partial charge in [-0.3, -0.25) is 0 Å². The summed E-state index contributed by atoms with van der Waals surface area (Å²) in [7, 11) is 6.20. The molecule has 0 spiro atoms. The summed E-state index contributed by atoms with van der Waals surface area (Å²) in [6.07, 6.45) is 5.82. The highest BCUT2D eigenvalue weighted by atomic mass is 16.5. The van der Waals surface area contributed by atoms with E-state index in [0.29, 0.717) is 17.8 Å². The first kappa shape index (κ1) is 25.3. The van der Waals surface area contributed by atoms with Crippen LogP contribution in [0.15, 0.2) is 36.9 Å². The highest BCUT2D eigenvalue weighted by molar-refractivity contribution is 6.30. The van der Waals surface area contributed by atoms with Crippen molar-refractivity contribution in [2.75, 3.05) is 13.6 Å². The summed E-state index contributed by atoms with van der Waals surface area (Å²) in [6.45, 7) is 23.5. The van der Waals surface area contributed by atoms with Gasteiger partial charge in [0.05, 0.1) is 0 Å². The molecular formula is C28H43B2N3O. The summed E-state index contributed by atoms with van der Waals surface area (Å²) >= 11 is 0. The van der Waals surface area contributed by atoms with E-state index in [1.807, 2.05) is 28.5 Å². The monoisotopic (exact) mass is 459 g/mol. The molecule has 0 amide bonds. The Labute approximate surface area is 209 Å². The molecule has 182 valence electrons. The molecule has 2 N–H and O–H groups in total. The first-order chi connectivity index (χ1) is 16.0. The minimum absolute atomic E-state index is 0.0823. The van der Waals surface area contributed by atoms with Crippen LogP contribution < -0.4 is 15.2 Å². The Morgan fingerprint density at radius 3 is 2.53 bits per heavy atom. The minimum Gasteiger partial charge on any atom is -0.443 e. The number of likely N-dealkylation sites (tertiary alicyclic amines) is 1. The number of allylic oxidation sites excluding steroid dienone is 1. The Morgan fingerprint density at radius 2 is 1.85 bits per heavy atom. The van der Waals surface area contributed by atoms with E-state index < -0.39 is 0 Å². The number of fused-ring (bicyclic) bond motifs is 1. The molecule has 2 unspecified atom stereocenters. The average Bonchev–Trinajstić information content (AvgIpc) is 2.75. The standard InChI is InChI=1S/C28H43B2N3O/c1-18(31-29-7)16-22-12-13-27(6)24-17-21-10-11-23(34-20(3)32-30-8)19(2)25(21)28(27,26(22,4)5)14-15-33(24)9/h10-11,22,24,31-32H,1,3,12-17H2,2,4-9H3/t22?,24-,27?,28+/m1/s1. The first-order valence-electron chi connectivity index (χ1n) is 13.0. The van der Waals surface area contributed by atoms with Crippen LogP contribution in [0.2, 0.25) is 13.6 Å². The van der Waals surface area contributed by atoms with Crippen molar-refractivity contribution in [2.45, 2.75) is 84.9 Å². The summed E-state index contributed by atoms with van der Waals surface area (Å²) in [5.41, 5.74) is 5.90. The number of nitrogens with one attached hydrogen (secondary N) is 2. The molecule has 1 heterocycles. The zero-order valence-electron chi connectivity index (χ0n) is 22.5. The maximum absolute atomic E-state index is 6.24. The fourth-order valence-corrected chi connectivity index (χ4v) is 8.36. The lowest BCUT2D eigenvalue weighted by Crippen LogP contribution is -2.72. The number of hydrogen-bond acceptors (Lipinski definition) is 4. The van der Waals surface area contributed by atoms with Gasteiger partial charge in [0.1, 0.15) is 5.75 Å². The van der Waals surface area contributed by atoms with E-state index in [2.05, 4.69) is 75.4 Å². The molecule has 4 atom stereocenters. The molecule has 1 aliphatic heterocycles. The van der Waals surface area contributed by atoms with Crippen LogP contribution in [0.5, 0.6) is 5.75 Å². The second-order valence-corrected chi connectivity index (χ2v) is 11.7. The molecule has 2 radical (unpaired) electrons. The van der Waals surface area contributed by atoms with E-state index in [-0.39, 0.29) is 16.2 Å². The lowest BCUT2D eigenvalue weighted by molar-refractivity contribution is -0.157. The van der Waals surface area contributed by atoms with Gasteiger partial charge in [0.15, 0.2) is 5.88 Å². The van der Waals surface area contributed by atoms with Crippen LogP contribution >= 0.6 is 0 Å². The van der Waals surface area contributed by atoms with Gasteiger partial charge < -0.3 is 20.1 Å². The molecule has 1 aromatic carbocycles. The molecular weight excluding hydrogens is 416 g/mol. The molecule has 1 saturated carbocycles. The first-order valence-corrected chi connectivity index (χ1v) is 13.0. The molecule has 1 saturated heterocycles. The van der Waals surface area contributed by atoms with Gasteiger partial charge >= 0.3 is 0 Å². The van der Waals surface area contributed by atoms with Gasteiger partial charge in [-0.05, 0) is 104 Å². The maximum atomic E-state index is 6.24. The summed E-state index contributed by atoms with van der Waals surface area (Å²) in [4.78, 5) is 2.65. The van der Waals surface area contributed by atoms with E-state index in [1.165, 1.54) is 30.4 Å². The molecule has 2 bridgehead atoms. The fourth-order valence-electron chi connectivity index (χ4n) is 8.36. The van der Waals surface area contributed by atoms with Crippen molar-refractivity contribution in [1.29, 1.82) is 0 Å². The van der Waals surface area contributed by atoms with Crippen molar-refractivity contribution in [3.8, 4) is 5.75 Å². The number of likely N-dealkylation sites (N-methyl/N-ethyl adjacent to an activating group) is 1. The highest BCUT2D eigenvalue weighted by Crippen LogP contribution is 2.71. The molecule has 1 aromatic rings. The van der Waals surface area contributed by atoms with E-state index in [4.69, 9.17) is 4.74 Å². The van der Waals surface area contributed by atoms with Crippen molar-refractivity contribution in [3.05, 3.63) is 53.6 Å².